The first-order valence-corrected chi connectivity index (χ1v) is 5.68. The predicted molar refractivity (Wildman–Crippen MR) is 61.5 cm³/mol. The second kappa shape index (κ2) is 3.51. The lowest BCUT2D eigenvalue weighted by atomic mass is 9.86. The van der Waals surface area contributed by atoms with Crippen molar-refractivity contribution in [1.29, 1.82) is 0 Å². The van der Waals surface area contributed by atoms with Crippen LogP contribution in [-0.4, -0.2) is 11.6 Å². The third kappa shape index (κ3) is 1.73. The normalized spacial score (nSPS) is 14.9. The van der Waals surface area contributed by atoms with Gasteiger partial charge in [0.1, 0.15) is 5.75 Å². The van der Waals surface area contributed by atoms with Crippen LogP contribution < -0.4 is 4.74 Å². The SMILES string of the molecule is CCc1ncc(C(C)(C)C)c2c1CCO2. The summed E-state index contributed by atoms with van der Waals surface area (Å²) in [5.41, 5.74) is 3.90. The third-order valence-corrected chi connectivity index (χ3v) is 2.96. The minimum absolute atomic E-state index is 0.119. The molecule has 82 valence electrons. The largest absolute Gasteiger partial charge is 0.493 e. The minimum atomic E-state index is 0.119. The van der Waals surface area contributed by atoms with Gasteiger partial charge in [0, 0.05) is 29.4 Å². The molecule has 2 heteroatoms. The highest BCUT2D eigenvalue weighted by Gasteiger charge is 2.26. The van der Waals surface area contributed by atoms with Gasteiger partial charge in [-0.1, -0.05) is 27.7 Å². The van der Waals surface area contributed by atoms with Crippen LogP contribution in [0.3, 0.4) is 0 Å². The number of hydrogen-bond acceptors (Lipinski definition) is 2. The fourth-order valence-corrected chi connectivity index (χ4v) is 2.09. The predicted octanol–water partition coefficient (Wildman–Crippen LogP) is 2.88. The van der Waals surface area contributed by atoms with Crippen LogP contribution >= 0.6 is 0 Å². The number of aromatic nitrogens is 1. The summed E-state index contributed by atoms with van der Waals surface area (Å²) in [6.07, 6.45) is 4.01. The average Bonchev–Trinajstić information content (AvgIpc) is 2.62. The van der Waals surface area contributed by atoms with E-state index in [9.17, 15) is 0 Å². The van der Waals surface area contributed by atoms with Gasteiger partial charge in [0.25, 0.3) is 0 Å². The van der Waals surface area contributed by atoms with Gasteiger partial charge in [-0.3, -0.25) is 4.98 Å². The summed E-state index contributed by atoms with van der Waals surface area (Å²) in [5, 5.41) is 0. The molecular formula is C13H19NO. The number of fused-ring (bicyclic) bond motifs is 1. The summed E-state index contributed by atoms with van der Waals surface area (Å²) in [6, 6.07) is 0. The van der Waals surface area contributed by atoms with Crippen molar-refractivity contribution >= 4 is 0 Å². The summed E-state index contributed by atoms with van der Waals surface area (Å²) in [7, 11) is 0. The van der Waals surface area contributed by atoms with Crippen LogP contribution in [0.5, 0.6) is 5.75 Å². The molecule has 0 radical (unpaired) electrons. The molecule has 1 aromatic heterocycles. The molecule has 0 N–H and O–H groups in total. The molecule has 1 aliphatic heterocycles. The van der Waals surface area contributed by atoms with E-state index in [1.54, 1.807) is 0 Å². The first-order chi connectivity index (χ1) is 7.04. The summed E-state index contributed by atoms with van der Waals surface area (Å²) in [5.74, 6) is 1.11. The van der Waals surface area contributed by atoms with E-state index >= 15 is 0 Å². The van der Waals surface area contributed by atoms with Gasteiger partial charge in [-0.15, -0.1) is 0 Å². The Kier molecular flexibility index (Phi) is 2.45. The lowest BCUT2D eigenvalue weighted by Crippen LogP contribution is -2.14. The molecule has 1 aromatic rings. The molecule has 2 nitrogen and oxygen atoms in total. The van der Waals surface area contributed by atoms with Crippen molar-refractivity contribution in [2.24, 2.45) is 0 Å². The molecule has 0 fully saturated rings. The Balaban J connectivity index is 2.57. The number of hydrogen-bond donors (Lipinski definition) is 0. The van der Waals surface area contributed by atoms with E-state index in [0.717, 1.165) is 25.2 Å². The lowest BCUT2D eigenvalue weighted by Gasteiger charge is -2.22. The highest BCUT2D eigenvalue weighted by atomic mass is 16.5. The van der Waals surface area contributed by atoms with Crippen LogP contribution in [0.1, 0.15) is 44.5 Å². The van der Waals surface area contributed by atoms with Crippen LogP contribution in [0.15, 0.2) is 6.20 Å². The number of rotatable bonds is 1. The Hall–Kier alpha value is -1.05. The Bertz CT molecular complexity index is 377. The molecule has 0 unspecified atom stereocenters. The topological polar surface area (TPSA) is 22.1 Å². The van der Waals surface area contributed by atoms with Gasteiger partial charge in [-0.05, 0) is 11.8 Å². The van der Waals surface area contributed by atoms with Crippen molar-refractivity contribution in [3.8, 4) is 5.75 Å². The Labute approximate surface area is 91.7 Å². The zero-order valence-corrected chi connectivity index (χ0v) is 10.1. The van der Waals surface area contributed by atoms with Crippen molar-refractivity contribution in [3.05, 3.63) is 23.0 Å². The van der Waals surface area contributed by atoms with Gasteiger partial charge in [0.15, 0.2) is 0 Å². The monoisotopic (exact) mass is 205 g/mol. The van der Waals surface area contributed by atoms with E-state index in [1.807, 2.05) is 6.20 Å². The third-order valence-electron chi connectivity index (χ3n) is 2.96. The van der Waals surface area contributed by atoms with Crippen LogP contribution in [0.2, 0.25) is 0 Å². The van der Waals surface area contributed by atoms with E-state index in [1.165, 1.54) is 16.8 Å². The van der Waals surface area contributed by atoms with E-state index < -0.39 is 0 Å². The quantitative estimate of drug-likeness (QED) is 0.703. The summed E-state index contributed by atoms with van der Waals surface area (Å²) >= 11 is 0. The van der Waals surface area contributed by atoms with Gasteiger partial charge in [0.05, 0.1) is 6.61 Å². The van der Waals surface area contributed by atoms with E-state index in [2.05, 4.69) is 32.7 Å². The molecule has 0 bridgehead atoms. The molecule has 0 spiro atoms. The van der Waals surface area contributed by atoms with Gasteiger partial charge in [-0.25, -0.2) is 0 Å². The summed E-state index contributed by atoms with van der Waals surface area (Å²) in [4.78, 5) is 4.56. The molecule has 15 heavy (non-hydrogen) atoms. The van der Waals surface area contributed by atoms with Crippen molar-refractivity contribution in [1.82, 2.24) is 4.98 Å². The van der Waals surface area contributed by atoms with Crippen LogP contribution in [-0.2, 0) is 18.3 Å². The fourth-order valence-electron chi connectivity index (χ4n) is 2.09. The van der Waals surface area contributed by atoms with Crippen LogP contribution in [0.25, 0.3) is 0 Å². The molecule has 0 aromatic carbocycles. The molecule has 0 aliphatic carbocycles. The maximum absolute atomic E-state index is 5.76. The molecule has 2 heterocycles. The Morgan fingerprint density at radius 2 is 2.13 bits per heavy atom. The molecule has 0 saturated heterocycles. The maximum Gasteiger partial charge on any atom is 0.129 e. The second-order valence-electron chi connectivity index (χ2n) is 5.13. The van der Waals surface area contributed by atoms with E-state index in [4.69, 9.17) is 4.74 Å². The smallest absolute Gasteiger partial charge is 0.129 e. The highest BCUT2D eigenvalue weighted by Crippen LogP contribution is 2.37. The summed E-state index contributed by atoms with van der Waals surface area (Å²) < 4.78 is 5.76. The molecular weight excluding hydrogens is 186 g/mol. The second-order valence-corrected chi connectivity index (χ2v) is 5.13. The minimum Gasteiger partial charge on any atom is -0.493 e. The standard InChI is InChI=1S/C13H19NO/c1-5-11-9-6-7-15-12(9)10(8-14-11)13(2,3)4/h8H,5-7H2,1-4H3. The van der Waals surface area contributed by atoms with Crippen LogP contribution in [0, 0.1) is 0 Å². The van der Waals surface area contributed by atoms with Crippen molar-refractivity contribution in [2.75, 3.05) is 6.61 Å². The van der Waals surface area contributed by atoms with E-state index in [0.29, 0.717) is 0 Å². The van der Waals surface area contributed by atoms with Gasteiger partial charge >= 0.3 is 0 Å². The van der Waals surface area contributed by atoms with E-state index in [-0.39, 0.29) is 5.41 Å². The molecule has 0 amide bonds. The first kappa shape index (κ1) is 10.5. The highest BCUT2D eigenvalue weighted by molar-refractivity contribution is 5.48. The number of pyridine rings is 1. The van der Waals surface area contributed by atoms with Crippen molar-refractivity contribution < 1.29 is 4.74 Å². The number of aryl methyl sites for hydroxylation is 1. The van der Waals surface area contributed by atoms with Crippen molar-refractivity contribution in [2.45, 2.75) is 46.0 Å². The molecule has 0 atom stereocenters. The Morgan fingerprint density at radius 3 is 2.73 bits per heavy atom. The first-order valence-electron chi connectivity index (χ1n) is 5.68. The molecule has 0 saturated carbocycles. The van der Waals surface area contributed by atoms with Gasteiger partial charge in [0.2, 0.25) is 0 Å². The van der Waals surface area contributed by atoms with Crippen molar-refractivity contribution in [3.63, 3.8) is 0 Å². The lowest BCUT2D eigenvalue weighted by molar-refractivity contribution is 0.346. The zero-order valence-electron chi connectivity index (χ0n) is 10.1. The number of ether oxygens (including phenoxy) is 1. The maximum atomic E-state index is 5.76. The number of nitrogens with zero attached hydrogens (tertiary/aromatic N) is 1. The molecule has 2 rings (SSSR count). The fraction of sp³-hybridized carbons (Fsp3) is 0.615. The van der Waals surface area contributed by atoms with Gasteiger partial charge < -0.3 is 4.74 Å². The van der Waals surface area contributed by atoms with Gasteiger partial charge in [-0.2, -0.15) is 0 Å². The molecule has 1 aliphatic rings. The van der Waals surface area contributed by atoms with Crippen LogP contribution in [0.4, 0.5) is 0 Å². The Morgan fingerprint density at radius 1 is 1.40 bits per heavy atom. The summed E-state index contributed by atoms with van der Waals surface area (Å²) in [6.45, 7) is 9.58. The zero-order chi connectivity index (χ0) is 11.1. The average molecular weight is 205 g/mol.